The Morgan fingerprint density at radius 3 is 1.53 bits per heavy atom. The summed E-state index contributed by atoms with van der Waals surface area (Å²) in [7, 11) is 0. The van der Waals surface area contributed by atoms with Crippen molar-refractivity contribution in [3.8, 4) is 23.0 Å². The lowest BCUT2D eigenvalue weighted by atomic mass is 10.3. The lowest BCUT2D eigenvalue weighted by molar-refractivity contribution is -0.00000810. The second kappa shape index (κ2) is 12.8. The number of benzene rings is 2. The van der Waals surface area contributed by atoms with E-state index in [0.717, 1.165) is 4.90 Å². The zero-order chi connectivity index (χ0) is 21.3. The van der Waals surface area contributed by atoms with Gasteiger partial charge in [-0.15, -0.1) is 11.8 Å². The Bertz CT molecular complexity index is 926. The molecule has 0 spiro atoms. The van der Waals surface area contributed by atoms with Gasteiger partial charge in [-0.3, -0.25) is 0 Å². The van der Waals surface area contributed by atoms with Crippen molar-refractivity contribution in [2.45, 2.75) is 18.1 Å². The monoisotopic (exact) mass is 568 g/mol. The molecule has 8 heteroatoms. The molecule has 2 aromatic carbocycles. The molecule has 2 bridgehead atoms. The van der Waals surface area contributed by atoms with Gasteiger partial charge in [-0.2, -0.15) is 0 Å². The summed E-state index contributed by atoms with van der Waals surface area (Å²) < 4.78 is 35.3. The van der Waals surface area contributed by atoms with Crippen molar-refractivity contribution in [1.29, 1.82) is 0 Å². The first-order valence-corrected chi connectivity index (χ1v) is 11.3. The van der Waals surface area contributed by atoms with Gasteiger partial charge in [-0.25, -0.2) is 4.42 Å². The average molecular weight is 568 g/mol. The topological polar surface area (TPSA) is 57.5 Å². The first-order chi connectivity index (χ1) is 15.3. The predicted octanol–water partition coefficient (Wildman–Crippen LogP) is 2.23. The summed E-state index contributed by atoms with van der Waals surface area (Å²) in [5.74, 6) is 4.05. The Morgan fingerprint density at radius 1 is 0.656 bits per heavy atom. The molecule has 0 radical (unpaired) electrons. The molecule has 0 amide bonds. The van der Waals surface area contributed by atoms with Crippen LogP contribution in [-0.2, 0) is 18.0 Å². The van der Waals surface area contributed by atoms with Crippen LogP contribution in [0.1, 0.15) is 11.5 Å². The molecule has 4 rings (SSSR count). The van der Waals surface area contributed by atoms with Gasteiger partial charge in [0.15, 0.2) is 23.0 Å². The molecule has 6 nitrogen and oxygen atoms in total. The number of thioether (sulfide) groups is 1. The van der Waals surface area contributed by atoms with E-state index >= 15 is 0 Å². The summed E-state index contributed by atoms with van der Waals surface area (Å²) >= 11 is 1.64. The van der Waals surface area contributed by atoms with Gasteiger partial charge in [-0.1, -0.05) is 24.3 Å². The van der Waals surface area contributed by atoms with Crippen LogP contribution >= 0.6 is 11.8 Å². The molecule has 1 aliphatic heterocycles. The minimum Gasteiger partial charge on any atom is -1.00 e. The lowest BCUT2D eigenvalue weighted by Gasteiger charge is -2.13. The number of halogens is 1. The van der Waals surface area contributed by atoms with Crippen molar-refractivity contribution in [3.63, 3.8) is 0 Å². The van der Waals surface area contributed by atoms with Crippen LogP contribution < -0.4 is 42.9 Å². The van der Waals surface area contributed by atoms with E-state index in [4.69, 9.17) is 28.1 Å². The Kier molecular flexibility index (Phi) is 9.76. The van der Waals surface area contributed by atoms with Crippen LogP contribution in [-0.4, -0.2) is 32.7 Å². The molecule has 170 valence electrons. The molecule has 0 saturated carbocycles. The molecule has 3 aromatic rings. The molecule has 2 heterocycles. The van der Waals surface area contributed by atoms with Gasteiger partial charge in [-0.05, 0) is 30.5 Å². The minimum atomic E-state index is 0. The Morgan fingerprint density at radius 2 is 1.09 bits per heavy atom. The number of para-hydroxylation sites is 4. The van der Waals surface area contributed by atoms with Crippen molar-refractivity contribution in [1.82, 2.24) is 0 Å². The molecule has 1 aliphatic rings. The van der Waals surface area contributed by atoms with Gasteiger partial charge in [0.25, 0.3) is 0 Å². The normalized spacial score (nSPS) is 14.4. The lowest BCUT2D eigenvalue weighted by Crippen LogP contribution is -3.00. The number of hydrogen-bond donors (Lipinski definition) is 0. The molecule has 0 N–H and O–H groups in total. The molecule has 0 atom stereocenters. The summed E-state index contributed by atoms with van der Waals surface area (Å²) in [4.78, 5) is 1.07. The molecular weight excluding hydrogens is 543 g/mol. The fourth-order valence-electron chi connectivity index (χ4n) is 3.04. The van der Waals surface area contributed by atoms with Gasteiger partial charge in [0, 0.05) is 4.90 Å². The van der Waals surface area contributed by atoms with E-state index in [0.29, 0.717) is 60.9 Å². The van der Waals surface area contributed by atoms with Crippen molar-refractivity contribution in [2.75, 3.05) is 32.7 Å². The quantitative estimate of drug-likeness (QED) is 0.254. The molecular formula is C24H25IO6S. The molecule has 1 aromatic heterocycles. The van der Waals surface area contributed by atoms with Crippen molar-refractivity contribution in [2.24, 2.45) is 0 Å². The Balaban J connectivity index is 0.00000289. The fraction of sp³-hybridized carbons (Fsp3) is 0.292. The van der Waals surface area contributed by atoms with Crippen LogP contribution in [0.5, 0.6) is 23.0 Å². The fourth-order valence-corrected chi connectivity index (χ4v) is 3.54. The van der Waals surface area contributed by atoms with Crippen LogP contribution in [0.3, 0.4) is 0 Å². The average Bonchev–Trinajstić information content (AvgIpc) is 2.81. The van der Waals surface area contributed by atoms with E-state index in [1.54, 1.807) is 11.8 Å². The van der Waals surface area contributed by atoms with E-state index in [-0.39, 0.29) is 37.2 Å². The van der Waals surface area contributed by atoms with E-state index in [2.05, 4.69) is 0 Å². The second-order valence-electron chi connectivity index (χ2n) is 6.71. The Labute approximate surface area is 209 Å². The number of ether oxygens (including phenoxy) is 5. The van der Waals surface area contributed by atoms with Crippen LogP contribution in [0.25, 0.3) is 0 Å². The summed E-state index contributed by atoms with van der Waals surface area (Å²) in [5, 5.41) is 0. The van der Waals surface area contributed by atoms with Crippen LogP contribution in [0, 0.1) is 0 Å². The molecule has 32 heavy (non-hydrogen) atoms. The smallest absolute Gasteiger partial charge is 0.367 e. The molecule has 0 aliphatic carbocycles. The third-order valence-electron chi connectivity index (χ3n) is 4.51. The Hall–Kier alpha value is -2.17. The third kappa shape index (κ3) is 6.91. The van der Waals surface area contributed by atoms with Gasteiger partial charge in [0.2, 0.25) is 13.2 Å². The van der Waals surface area contributed by atoms with Crippen LogP contribution in [0.4, 0.5) is 0 Å². The van der Waals surface area contributed by atoms with Crippen LogP contribution in [0.2, 0.25) is 0 Å². The van der Waals surface area contributed by atoms with E-state index < -0.39 is 0 Å². The first-order valence-electron chi connectivity index (χ1n) is 10.1. The van der Waals surface area contributed by atoms with E-state index in [1.807, 2.05) is 66.9 Å². The maximum Gasteiger partial charge on any atom is 0.367 e. The van der Waals surface area contributed by atoms with Crippen molar-refractivity contribution < 1.29 is 52.1 Å². The predicted molar refractivity (Wildman–Crippen MR) is 118 cm³/mol. The molecule has 0 fully saturated rings. The molecule has 0 saturated heterocycles. The summed E-state index contributed by atoms with van der Waals surface area (Å²) in [6.07, 6.45) is 2.03. The van der Waals surface area contributed by atoms with Gasteiger partial charge in [0.05, 0.1) is 25.3 Å². The minimum absolute atomic E-state index is 0. The number of rotatable bonds is 1. The highest BCUT2D eigenvalue weighted by Crippen LogP contribution is 2.30. The number of fused-ring (bicyclic) bond motifs is 4. The standard InChI is InChI=1S/C24H25O6S.HI/c1-31-20-14-18-16-28-23-8-4-2-6-21(23)26-12-10-25-11-13-27-22-7-3-5-9-24(22)29-17-19(15-20)30-18;/h2-9,14-15H,10-13,16-17H2,1H3;1H/q+1;/p-1. The third-order valence-corrected chi connectivity index (χ3v) is 5.22. The first kappa shape index (κ1) is 24.5. The van der Waals surface area contributed by atoms with Gasteiger partial charge in [0.1, 0.15) is 13.2 Å². The highest BCUT2D eigenvalue weighted by molar-refractivity contribution is 7.98. The zero-order valence-corrected chi connectivity index (χ0v) is 20.7. The highest BCUT2D eigenvalue weighted by Gasteiger charge is 2.19. The molecule has 0 unspecified atom stereocenters. The van der Waals surface area contributed by atoms with Crippen molar-refractivity contribution >= 4 is 11.8 Å². The second-order valence-corrected chi connectivity index (χ2v) is 7.59. The van der Waals surface area contributed by atoms with E-state index in [9.17, 15) is 0 Å². The SMILES string of the molecule is CSc1cc2[o+]c(c1)COc1ccccc1OCCOCCOc1ccccc1OC2.[I-]. The summed E-state index contributed by atoms with van der Waals surface area (Å²) in [6.45, 7) is 2.28. The van der Waals surface area contributed by atoms with Gasteiger partial charge < -0.3 is 47.7 Å². The van der Waals surface area contributed by atoms with Crippen LogP contribution in [0.15, 0.2) is 70.0 Å². The van der Waals surface area contributed by atoms with Crippen molar-refractivity contribution in [3.05, 3.63) is 72.2 Å². The largest absolute Gasteiger partial charge is 1.00 e. The van der Waals surface area contributed by atoms with Gasteiger partial charge >= 0.3 is 11.5 Å². The summed E-state index contributed by atoms with van der Waals surface area (Å²) in [6, 6.07) is 19.1. The zero-order valence-electron chi connectivity index (χ0n) is 17.8. The van der Waals surface area contributed by atoms with E-state index in [1.165, 1.54) is 0 Å². The maximum absolute atomic E-state index is 6.03. The number of hydrogen-bond acceptors (Lipinski definition) is 6. The highest BCUT2D eigenvalue weighted by atomic mass is 127. The summed E-state index contributed by atoms with van der Waals surface area (Å²) in [5.41, 5.74) is 0. The maximum atomic E-state index is 6.03.